The summed E-state index contributed by atoms with van der Waals surface area (Å²) in [5.74, 6) is -0.947. The Balaban J connectivity index is 4.12. The number of nitrogens with one attached hydrogen (secondary N) is 2. The van der Waals surface area contributed by atoms with Crippen LogP contribution in [0.4, 0.5) is 4.79 Å². The van der Waals surface area contributed by atoms with Gasteiger partial charge in [-0.3, -0.25) is 0 Å². The summed E-state index contributed by atoms with van der Waals surface area (Å²) >= 11 is 0. The number of carboxylic acid groups (broad SMARTS) is 1. The highest BCUT2D eigenvalue weighted by molar-refractivity contribution is 5.82. The summed E-state index contributed by atoms with van der Waals surface area (Å²) in [6, 6.07) is -1.88. The quantitative estimate of drug-likeness (QED) is 0.524. The number of aliphatic hydroxyl groups excluding tert-OH is 1. The average Bonchev–Trinajstić information content (AvgIpc) is 2.23. The maximum atomic E-state index is 11.4. The van der Waals surface area contributed by atoms with Crippen LogP contribution in [0.5, 0.6) is 0 Å². The van der Waals surface area contributed by atoms with Gasteiger partial charge in [-0.1, -0.05) is 20.3 Å². The van der Waals surface area contributed by atoms with E-state index in [1.165, 1.54) is 0 Å². The van der Waals surface area contributed by atoms with Crippen molar-refractivity contribution in [3.05, 3.63) is 0 Å². The fourth-order valence-corrected chi connectivity index (χ4v) is 1.09. The molecular formula is C10H20N2O4. The molecule has 0 aliphatic carbocycles. The second-order valence-corrected chi connectivity index (χ2v) is 3.87. The van der Waals surface area contributed by atoms with Gasteiger partial charge in [-0.05, 0) is 12.8 Å². The first kappa shape index (κ1) is 14.7. The van der Waals surface area contributed by atoms with Gasteiger partial charge in [0.1, 0.15) is 0 Å². The maximum Gasteiger partial charge on any atom is 0.328 e. The summed E-state index contributed by atoms with van der Waals surface area (Å²) in [6.07, 6.45) is 0.920. The smallest absolute Gasteiger partial charge is 0.328 e. The Bertz CT molecular complexity index is 245. The lowest BCUT2D eigenvalue weighted by Gasteiger charge is -2.21. The highest BCUT2D eigenvalue weighted by Gasteiger charge is 2.20. The van der Waals surface area contributed by atoms with E-state index in [0.717, 1.165) is 6.42 Å². The Labute approximate surface area is 95.0 Å². The molecule has 0 aliphatic rings. The molecule has 0 saturated heterocycles. The zero-order chi connectivity index (χ0) is 12.7. The van der Waals surface area contributed by atoms with Crippen LogP contribution < -0.4 is 10.6 Å². The molecule has 0 radical (unpaired) electrons. The Morgan fingerprint density at radius 3 is 2.19 bits per heavy atom. The second-order valence-electron chi connectivity index (χ2n) is 3.87. The number of hydrogen-bond donors (Lipinski definition) is 4. The van der Waals surface area contributed by atoms with E-state index in [4.69, 9.17) is 10.2 Å². The fourth-order valence-electron chi connectivity index (χ4n) is 1.09. The number of hydrogen-bond acceptors (Lipinski definition) is 3. The largest absolute Gasteiger partial charge is 0.480 e. The van der Waals surface area contributed by atoms with Crippen molar-refractivity contribution in [3.8, 4) is 0 Å². The van der Waals surface area contributed by atoms with E-state index in [-0.39, 0.29) is 6.04 Å². The van der Waals surface area contributed by atoms with Crippen molar-refractivity contribution >= 4 is 12.0 Å². The Kier molecular flexibility index (Phi) is 6.48. The highest BCUT2D eigenvalue weighted by atomic mass is 16.4. The standard InChI is InChI=1S/C10H20N2O4/c1-4-6(2)7(3)11-10(16)12-8(5-13)9(14)15/h6-8,13H,4-5H2,1-3H3,(H,14,15)(H2,11,12,16)/t6?,7?,8-/m0/s1. The summed E-state index contributed by atoms with van der Waals surface area (Å²) in [4.78, 5) is 21.9. The molecule has 0 bridgehead atoms. The summed E-state index contributed by atoms with van der Waals surface area (Å²) in [5, 5.41) is 22.1. The third-order valence-corrected chi connectivity index (χ3v) is 2.64. The number of rotatable bonds is 6. The molecule has 0 aromatic heterocycles. The average molecular weight is 232 g/mol. The van der Waals surface area contributed by atoms with Gasteiger partial charge in [-0.25, -0.2) is 9.59 Å². The molecular weight excluding hydrogens is 212 g/mol. The van der Waals surface area contributed by atoms with Crippen molar-refractivity contribution in [3.63, 3.8) is 0 Å². The molecule has 0 saturated carbocycles. The van der Waals surface area contributed by atoms with Crippen molar-refractivity contribution < 1.29 is 19.8 Å². The van der Waals surface area contributed by atoms with Gasteiger partial charge in [0.2, 0.25) is 0 Å². The summed E-state index contributed by atoms with van der Waals surface area (Å²) in [5.41, 5.74) is 0. The van der Waals surface area contributed by atoms with Crippen molar-refractivity contribution in [1.82, 2.24) is 10.6 Å². The molecule has 0 aromatic carbocycles. The zero-order valence-electron chi connectivity index (χ0n) is 9.86. The molecule has 0 aliphatic heterocycles. The summed E-state index contributed by atoms with van der Waals surface area (Å²) in [7, 11) is 0. The first-order chi connectivity index (χ1) is 7.42. The predicted molar refractivity (Wildman–Crippen MR) is 59.1 cm³/mol. The SMILES string of the molecule is CCC(C)C(C)NC(=O)N[C@@H](CO)C(=O)O. The van der Waals surface area contributed by atoms with Gasteiger partial charge in [-0.15, -0.1) is 0 Å². The van der Waals surface area contributed by atoms with Crippen LogP contribution in [0.2, 0.25) is 0 Å². The van der Waals surface area contributed by atoms with E-state index < -0.39 is 24.6 Å². The Morgan fingerprint density at radius 1 is 1.25 bits per heavy atom. The van der Waals surface area contributed by atoms with Crippen LogP contribution in [-0.4, -0.2) is 40.9 Å². The zero-order valence-corrected chi connectivity index (χ0v) is 9.86. The Morgan fingerprint density at radius 2 is 1.81 bits per heavy atom. The molecule has 4 N–H and O–H groups in total. The van der Waals surface area contributed by atoms with E-state index in [9.17, 15) is 9.59 Å². The van der Waals surface area contributed by atoms with Crippen LogP contribution in [0, 0.1) is 5.92 Å². The molecule has 2 unspecified atom stereocenters. The van der Waals surface area contributed by atoms with Crippen LogP contribution in [0.15, 0.2) is 0 Å². The lowest BCUT2D eigenvalue weighted by molar-refractivity contribution is -0.140. The van der Waals surface area contributed by atoms with Crippen molar-refractivity contribution in [1.29, 1.82) is 0 Å². The summed E-state index contributed by atoms with van der Waals surface area (Å²) < 4.78 is 0. The monoisotopic (exact) mass is 232 g/mol. The van der Waals surface area contributed by atoms with Gasteiger partial charge in [0.25, 0.3) is 0 Å². The topological polar surface area (TPSA) is 98.7 Å². The van der Waals surface area contributed by atoms with Crippen LogP contribution in [0.25, 0.3) is 0 Å². The van der Waals surface area contributed by atoms with Crippen LogP contribution >= 0.6 is 0 Å². The van der Waals surface area contributed by atoms with E-state index >= 15 is 0 Å². The molecule has 6 nitrogen and oxygen atoms in total. The minimum absolute atomic E-state index is 0.0434. The number of carbonyl (C=O) groups is 2. The van der Waals surface area contributed by atoms with Gasteiger partial charge >= 0.3 is 12.0 Å². The van der Waals surface area contributed by atoms with Gasteiger partial charge in [-0.2, -0.15) is 0 Å². The van der Waals surface area contributed by atoms with E-state index in [1.807, 2.05) is 20.8 Å². The molecule has 0 heterocycles. The summed E-state index contributed by atoms with van der Waals surface area (Å²) in [6.45, 7) is 5.23. The molecule has 0 spiro atoms. The minimum Gasteiger partial charge on any atom is -0.480 e. The molecule has 6 heteroatoms. The molecule has 0 fully saturated rings. The van der Waals surface area contributed by atoms with E-state index in [2.05, 4.69) is 10.6 Å². The van der Waals surface area contributed by atoms with Gasteiger partial charge in [0.15, 0.2) is 6.04 Å². The van der Waals surface area contributed by atoms with Gasteiger partial charge in [0, 0.05) is 6.04 Å². The highest BCUT2D eigenvalue weighted by Crippen LogP contribution is 2.06. The number of carboxylic acids is 1. The molecule has 16 heavy (non-hydrogen) atoms. The van der Waals surface area contributed by atoms with Crippen LogP contribution in [0.1, 0.15) is 27.2 Å². The van der Waals surface area contributed by atoms with Crippen molar-refractivity contribution in [2.45, 2.75) is 39.3 Å². The lowest BCUT2D eigenvalue weighted by Crippen LogP contribution is -2.51. The lowest BCUT2D eigenvalue weighted by atomic mass is 10.0. The van der Waals surface area contributed by atoms with E-state index in [1.54, 1.807) is 0 Å². The minimum atomic E-state index is -1.26. The molecule has 0 aromatic rings. The molecule has 94 valence electrons. The molecule has 3 atom stereocenters. The molecule has 2 amide bonds. The predicted octanol–water partition coefficient (Wildman–Crippen LogP) is 0.166. The van der Waals surface area contributed by atoms with E-state index in [0.29, 0.717) is 5.92 Å². The third kappa shape index (κ3) is 4.97. The first-order valence-corrected chi connectivity index (χ1v) is 5.33. The number of amides is 2. The first-order valence-electron chi connectivity index (χ1n) is 5.33. The number of aliphatic hydroxyl groups is 1. The number of carbonyl (C=O) groups excluding carboxylic acids is 1. The fraction of sp³-hybridized carbons (Fsp3) is 0.800. The third-order valence-electron chi connectivity index (χ3n) is 2.64. The molecule has 0 rings (SSSR count). The number of urea groups is 1. The second kappa shape index (κ2) is 7.05. The van der Waals surface area contributed by atoms with Crippen molar-refractivity contribution in [2.24, 2.45) is 5.92 Å². The van der Waals surface area contributed by atoms with Crippen molar-refractivity contribution in [2.75, 3.05) is 6.61 Å². The van der Waals surface area contributed by atoms with Gasteiger partial charge < -0.3 is 20.8 Å². The van der Waals surface area contributed by atoms with Gasteiger partial charge in [0.05, 0.1) is 6.61 Å². The van der Waals surface area contributed by atoms with Crippen LogP contribution in [-0.2, 0) is 4.79 Å². The van der Waals surface area contributed by atoms with Crippen LogP contribution in [0.3, 0.4) is 0 Å². The number of aliphatic carboxylic acids is 1. The normalized spacial score (nSPS) is 16.0. The maximum absolute atomic E-state index is 11.4. The Hall–Kier alpha value is -1.30.